The second kappa shape index (κ2) is 8.78. The van der Waals surface area contributed by atoms with E-state index < -0.39 is 0 Å². The van der Waals surface area contributed by atoms with Crippen LogP contribution in [0.15, 0.2) is 48.5 Å². The minimum Gasteiger partial charge on any atom is -0.335 e. The topological polar surface area (TPSA) is 66.6 Å². The highest BCUT2D eigenvalue weighted by Gasteiger charge is 2.27. The van der Waals surface area contributed by atoms with Gasteiger partial charge in [0.05, 0.1) is 0 Å². The fourth-order valence-electron chi connectivity index (χ4n) is 2.87. The van der Waals surface area contributed by atoms with Crippen molar-refractivity contribution >= 4 is 24.2 Å². The van der Waals surface area contributed by atoms with E-state index in [0.29, 0.717) is 31.7 Å². The second-order valence-corrected chi connectivity index (χ2v) is 6.07. The first-order chi connectivity index (χ1) is 12.1. The van der Waals surface area contributed by atoms with Crippen LogP contribution in [0, 0.1) is 5.82 Å². The third-order valence-electron chi connectivity index (χ3n) is 4.30. The molecule has 0 saturated carbocycles. The molecule has 2 aromatic rings. The van der Waals surface area contributed by atoms with Crippen molar-refractivity contribution in [1.29, 1.82) is 0 Å². The van der Waals surface area contributed by atoms with Crippen molar-refractivity contribution in [2.24, 2.45) is 5.73 Å². The normalized spacial score (nSPS) is 14.2. The first kappa shape index (κ1) is 19.9. The maximum absolute atomic E-state index is 13.3. The standard InChI is InChI=1S/C19H20FN3O2.ClH/c20-17-3-1-2-15(10-17)12-22-8-9-23(13-18(22)24)19(25)16-6-4-14(11-21)5-7-16;/h1-7,10H,8-9,11-13,21H2;1H. The van der Waals surface area contributed by atoms with Gasteiger partial charge in [-0.1, -0.05) is 24.3 Å². The van der Waals surface area contributed by atoms with E-state index in [4.69, 9.17) is 5.73 Å². The smallest absolute Gasteiger partial charge is 0.254 e. The first-order valence-electron chi connectivity index (χ1n) is 8.17. The van der Waals surface area contributed by atoms with Gasteiger partial charge in [0, 0.05) is 31.7 Å². The van der Waals surface area contributed by atoms with Gasteiger partial charge in [0.2, 0.25) is 5.91 Å². The molecule has 1 fully saturated rings. The van der Waals surface area contributed by atoms with Crippen molar-refractivity contribution in [1.82, 2.24) is 9.80 Å². The molecule has 5 nitrogen and oxygen atoms in total. The van der Waals surface area contributed by atoms with E-state index >= 15 is 0 Å². The molecular formula is C19H21ClFN3O2. The Bertz CT molecular complexity index is 783. The number of rotatable bonds is 4. The fourth-order valence-corrected chi connectivity index (χ4v) is 2.87. The van der Waals surface area contributed by atoms with E-state index in [0.717, 1.165) is 11.1 Å². The number of piperazine rings is 1. The Kier molecular flexibility index (Phi) is 6.71. The molecule has 1 heterocycles. The number of benzene rings is 2. The zero-order valence-electron chi connectivity index (χ0n) is 14.2. The molecule has 0 unspecified atom stereocenters. The van der Waals surface area contributed by atoms with Crippen LogP contribution in [0.4, 0.5) is 4.39 Å². The summed E-state index contributed by atoms with van der Waals surface area (Å²) in [5.74, 6) is -0.621. The molecule has 138 valence electrons. The maximum atomic E-state index is 13.3. The summed E-state index contributed by atoms with van der Waals surface area (Å²) in [6, 6.07) is 13.3. The fraction of sp³-hybridized carbons (Fsp3) is 0.263. The SMILES string of the molecule is Cl.NCc1ccc(C(=O)N2CCN(Cc3cccc(F)c3)C(=O)C2)cc1. The maximum Gasteiger partial charge on any atom is 0.254 e. The van der Waals surface area contributed by atoms with E-state index in [1.54, 1.807) is 34.1 Å². The highest BCUT2D eigenvalue weighted by Crippen LogP contribution is 2.14. The van der Waals surface area contributed by atoms with Crippen LogP contribution in [0.25, 0.3) is 0 Å². The number of carbonyl (C=O) groups is 2. The van der Waals surface area contributed by atoms with E-state index in [2.05, 4.69) is 0 Å². The van der Waals surface area contributed by atoms with Crippen molar-refractivity contribution in [2.75, 3.05) is 19.6 Å². The number of hydrogen-bond donors (Lipinski definition) is 1. The van der Waals surface area contributed by atoms with Crippen LogP contribution in [0.3, 0.4) is 0 Å². The summed E-state index contributed by atoms with van der Waals surface area (Å²) >= 11 is 0. The Morgan fingerprint density at radius 2 is 1.81 bits per heavy atom. The lowest BCUT2D eigenvalue weighted by Crippen LogP contribution is -2.51. The van der Waals surface area contributed by atoms with Gasteiger partial charge in [0.25, 0.3) is 5.91 Å². The lowest BCUT2D eigenvalue weighted by molar-refractivity contribution is -0.135. The van der Waals surface area contributed by atoms with Gasteiger partial charge < -0.3 is 15.5 Å². The minimum atomic E-state index is -0.320. The summed E-state index contributed by atoms with van der Waals surface area (Å²) in [6.45, 7) is 1.70. The predicted molar refractivity (Wildman–Crippen MR) is 99.3 cm³/mol. The third kappa shape index (κ3) is 4.59. The average Bonchev–Trinajstić information content (AvgIpc) is 2.63. The van der Waals surface area contributed by atoms with Gasteiger partial charge in [-0.05, 0) is 35.4 Å². The van der Waals surface area contributed by atoms with Gasteiger partial charge in [0.1, 0.15) is 12.4 Å². The molecule has 0 radical (unpaired) electrons. The minimum absolute atomic E-state index is 0. The zero-order chi connectivity index (χ0) is 17.8. The van der Waals surface area contributed by atoms with E-state index in [-0.39, 0.29) is 36.6 Å². The highest BCUT2D eigenvalue weighted by atomic mass is 35.5. The number of halogens is 2. The molecule has 0 aromatic heterocycles. The number of carbonyl (C=O) groups excluding carboxylic acids is 2. The Morgan fingerprint density at radius 3 is 2.42 bits per heavy atom. The summed E-state index contributed by atoms with van der Waals surface area (Å²) in [5.41, 5.74) is 7.79. The molecule has 7 heteroatoms. The molecule has 0 bridgehead atoms. The highest BCUT2D eigenvalue weighted by molar-refractivity contribution is 5.97. The summed E-state index contributed by atoms with van der Waals surface area (Å²) in [5, 5.41) is 0. The third-order valence-corrected chi connectivity index (χ3v) is 4.30. The van der Waals surface area contributed by atoms with Gasteiger partial charge in [-0.2, -0.15) is 0 Å². The van der Waals surface area contributed by atoms with Gasteiger partial charge in [-0.3, -0.25) is 9.59 Å². The monoisotopic (exact) mass is 377 g/mol. The molecule has 2 amide bonds. The second-order valence-electron chi connectivity index (χ2n) is 6.07. The molecular weight excluding hydrogens is 357 g/mol. The molecule has 0 atom stereocenters. The van der Waals surface area contributed by atoms with E-state index in [1.165, 1.54) is 12.1 Å². The molecule has 1 aliphatic rings. The van der Waals surface area contributed by atoms with Crippen molar-refractivity contribution in [2.45, 2.75) is 13.1 Å². The van der Waals surface area contributed by atoms with Gasteiger partial charge in [0.15, 0.2) is 0 Å². The van der Waals surface area contributed by atoms with Crippen molar-refractivity contribution in [3.63, 3.8) is 0 Å². The Labute approximate surface area is 158 Å². The van der Waals surface area contributed by atoms with Crippen LogP contribution < -0.4 is 5.73 Å². The summed E-state index contributed by atoms with van der Waals surface area (Å²) < 4.78 is 13.3. The molecule has 26 heavy (non-hydrogen) atoms. The van der Waals surface area contributed by atoms with E-state index in [9.17, 15) is 14.0 Å². The summed E-state index contributed by atoms with van der Waals surface area (Å²) in [4.78, 5) is 28.1. The number of amides is 2. The predicted octanol–water partition coefficient (Wildman–Crippen LogP) is 2.19. The Hall–Kier alpha value is -2.44. The molecule has 3 rings (SSSR count). The van der Waals surface area contributed by atoms with E-state index in [1.807, 2.05) is 12.1 Å². The quantitative estimate of drug-likeness (QED) is 0.888. The van der Waals surface area contributed by atoms with Crippen LogP contribution >= 0.6 is 12.4 Å². The first-order valence-corrected chi connectivity index (χ1v) is 8.17. The lowest BCUT2D eigenvalue weighted by atomic mass is 10.1. The van der Waals surface area contributed by atoms with Crippen molar-refractivity contribution < 1.29 is 14.0 Å². The van der Waals surface area contributed by atoms with Crippen LogP contribution in [0.2, 0.25) is 0 Å². The lowest BCUT2D eigenvalue weighted by Gasteiger charge is -2.34. The van der Waals surface area contributed by atoms with Gasteiger partial charge in [-0.25, -0.2) is 4.39 Å². The number of hydrogen-bond acceptors (Lipinski definition) is 3. The van der Waals surface area contributed by atoms with Crippen LogP contribution in [-0.4, -0.2) is 41.2 Å². The summed E-state index contributed by atoms with van der Waals surface area (Å²) in [6.07, 6.45) is 0. The summed E-state index contributed by atoms with van der Waals surface area (Å²) in [7, 11) is 0. The zero-order valence-corrected chi connectivity index (χ0v) is 15.0. The largest absolute Gasteiger partial charge is 0.335 e. The molecule has 2 N–H and O–H groups in total. The van der Waals surface area contributed by atoms with Crippen LogP contribution in [0.1, 0.15) is 21.5 Å². The number of nitrogens with two attached hydrogens (primary N) is 1. The van der Waals surface area contributed by atoms with Crippen LogP contribution in [-0.2, 0) is 17.9 Å². The molecule has 1 aliphatic heterocycles. The van der Waals surface area contributed by atoms with Crippen molar-refractivity contribution in [3.8, 4) is 0 Å². The Morgan fingerprint density at radius 1 is 1.08 bits per heavy atom. The van der Waals surface area contributed by atoms with Gasteiger partial charge in [-0.15, -0.1) is 12.4 Å². The van der Waals surface area contributed by atoms with Crippen molar-refractivity contribution in [3.05, 3.63) is 71.0 Å². The number of nitrogens with zero attached hydrogens (tertiary/aromatic N) is 2. The Balaban J connectivity index is 0.00000243. The van der Waals surface area contributed by atoms with Crippen LogP contribution in [0.5, 0.6) is 0 Å². The molecule has 0 aliphatic carbocycles. The molecule has 1 saturated heterocycles. The molecule has 2 aromatic carbocycles. The average molecular weight is 378 g/mol. The van der Waals surface area contributed by atoms with Gasteiger partial charge >= 0.3 is 0 Å². The molecule has 0 spiro atoms.